The highest BCUT2D eigenvalue weighted by molar-refractivity contribution is 5.79. The zero-order valence-corrected chi connectivity index (χ0v) is 15.8. The van der Waals surface area contributed by atoms with E-state index in [1.165, 1.54) is 0 Å². The number of imidazole rings is 1. The van der Waals surface area contributed by atoms with E-state index < -0.39 is 11.0 Å². The maximum atomic E-state index is 9.94. The zero-order chi connectivity index (χ0) is 19.5. The van der Waals surface area contributed by atoms with Crippen molar-refractivity contribution in [3.8, 4) is 17.5 Å². The SMILES string of the molecule is CC1(C)OCCn2c1nc1c(C3(C#N)CCC3)nc(-c3cnc(N)nc3)nc12. The molecule has 1 fully saturated rings. The minimum Gasteiger partial charge on any atom is -0.368 e. The molecule has 1 saturated carbocycles. The number of fused-ring (bicyclic) bond motifs is 3. The van der Waals surface area contributed by atoms with Gasteiger partial charge in [-0.05, 0) is 33.1 Å². The molecule has 3 aromatic heterocycles. The molecule has 0 saturated heterocycles. The van der Waals surface area contributed by atoms with Crippen molar-refractivity contribution in [3.05, 3.63) is 23.9 Å². The average Bonchev–Trinajstić information content (AvgIpc) is 3.02. The molecular formula is C19H20N8O. The van der Waals surface area contributed by atoms with Crippen LogP contribution in [0, 0.1) is 11.3 Å². The predicted octanol–water partition coefficient (Wildman–Crippen LogP) is 2.08. The standard InChI is InChI=1S/C19H20N8O/c1-18(2)16-24-12-13(19(10-20)4-3-5-19)25-14(11-8-22-17(21)23-9-11)26-15(12)27(16)6-7-28-18/h8-9H,3-7H2,1-2H3,(H2,21,22,23). The molecule has 0 unspecified atom stereocenters. The third-order valence-corrected chi connectivity index (χ3v) is 5.72. The Kier molecular flexibility index (Phi) is 3.46. The fraction of sp³-hybridized carbons (Fsp3) is 0.474. The Hall–Kier alpha value is -3.12. The van der Waals surface area contributed by atoms with Crippen molar-refractivity contribution in [1.82, 2.24) is 29.5 Å². The molecule has 9 heteroatoms. The van der Waals surface area contributed by atoms with Crippen molar-refractivity contribution in [2.24, 2.45) is 0 Å². The lowest BCUT2D eigenvalue weighted by molar-refractivity contribution is -0.0530. The van der Waals surface area contributed by atoms with Gasteiger partial charge in [0.1, 0.15) is 22.4 Å². The van der Waals surface area contributed by atoms with E-state index in [0.29, 0.717) is 35.8 Å². The molecule has 142 valence electrons. The monoisotopic (exact) mass is 376 g/mol. The average molecular weight is 376 g/mol. The molecule has 0 spiro atoms. The highest BCUT2D eigenvalue weighted by atomic mass is 16.5. The summed E-state index contributed by atoms with van der Waals surface area (Å²) >= 11 is 0. The van der Waals surface area contributed by atoms with Gasteiger partial charge in [-0.1, -0.05) is 0 Å². The Labute approximate surface area is 161 Å². The highest BCUT2D eigenvalue weighted by Gasteiger charge is 2.44. The number of nitriles is 1. The summed E-state index contributed by atoms with van der Waals surface area (Å²) in [5.74, 6) is 1.48. The lowest BCUT2D eigenvalue weighted by Crippen LogP contribution is -2.34. The predicted molar refractivity (Wildman–Crippen MR) is 101 cm³/mol. The summed E-state index contributed by atoms with van der Waals surface area (Å²) in [6.45, 7) is 5.22. The molecule has 0 bridgehead atoms. The second kappa shape index (κ2) is 5.69. The van der Waals surface area contributed by atoms with Gasteiger partial charge in [0, 0.05) is 18.9 Å². The van der Waals surface area contributed by atoms with Gasteiger partial charge in [0.05, 0.1) is 23.9 Å². The first kappa shape index (κ1) is 17.0. The number of nitrogen functional groups attached to an aromatic ring is 1. The maximum Gasteiger partial charge on any atom is 0.219 e. The quantitative estimate of drug-likeness (QED) is 0.720. The summed E-state index contributed by atoms with van der Waals surface area (Å²) in [5, 5.41) is 9.94. The van der Waals surface area contributed by atoms with Gasteiger partial charge < -0.3 is 15.0 Å². The molecule has 2 aliphatic rings. The smallest absolute Gasteiger partial charge is 0.219 e. The number of ether oxygens (including phenoxy) is 1. The van der Waals surface area contributed by atoms with Crippen molar-refractivity contribution < 1.29 is 4.74 Å². The van der Waals surface area contributed by atoms with Gasteiger partial charge in [-0.2, -0.15) is 5.26 Å². The van der Waals surface area contributed by atoms with Crippen molar-refractivity contribution >= 4 is 17.1 Å². The minimum atomic E-state index is -0.625. The lowest BCUT2D eigenvalue weighted by atomic mass is 9.67. The van der Waals surface area contributed by atoms with Crippen LogP contribution in [0.3, 0.4) is 0 Å². The second-order valence-corrected chi connectivity index (χ2v) is 7.89. The fourth-order valence-corrected chi connectivity index (χ4v) is 3.98. The highest BCUT2D eigenvalue weighted by Crippen LogP contribution is 2.45. The summed E-state index contributed by atoms with van der Waals surface area (Å²) in [4.78, 5) is 22.6. The van der Waals surface area contributed by atoms with Gasteiger partial charge in [-0.25, -0.2) is 24.9 Å². The number of rotatable bonds is 2. The molecule has 0 atom stereocenters. The third-order valence-electron chi connectivity index (χ3n) is 5.72. The van der Waals surface area contributed by atoms with Gasteiger partial charge in [-0.15, -0.1) is 0 Å². The van der Waals surface area contributed by atoms with Crippen LogP contribution in [-0.2, 0) is 22.3 Å². The van der Waals surface area contributed by atoms with E-state index in [2.05, 4.69) is 20.6 Å². The number of anilines is 1. The molecule has 28 heavy (non-hydrogen) atoms. The van der Waals surface area contributed by atoms with Crippen molar-refractivity contribution in [3.63, 3.8) is 0 Å². The van der Waals surface area contributed by atoms with Crippen LogP contribution in [0.5, 0.6) is 0 Å². The van der Waals surface area contributed by atoms with E-state index in [0.717, 1.165) is 30.7 Å². The summed E-state index contributed by atoms with van der Waals surface area (Å²) in [6.07, 6.45) is 5.76. The fourth-order valence-electron chi connectivity index (χ4n) is 3.98. The summed E-state index contributed by atoms with van der Waals surface area (Å²) in [7, 11) is 0. The van der Waals surface area contributed by atoms with Crippen molar-refractivity contribution in [1.29, 1.82) is 5.26 Å². The molecule has 0 aromatic carbocycles. The molecule has 0 radical (unpaired) electrons. The molecule has 9 nitrogen and oxygen atoms in total. The first-order valence-corrected chi connectivity index (χ1v) is 9.36. The molecule has 0 amide bonds. The van der Waals surface area contributed by atoms with Crippen LogP contribution < -0.4 is 5.73 Å². The number of hydrogen-bond acceptors (Lipinski definition) is 8. The molecule has 1 aliphatic carbocycles. The molecule has 4 heterocycles. The van der Waals surface area contributed by atoms with E-state index in [1.54, 1.807) is 12.4 Å². The Bertz CT molecular complexity index is 1120. The Morgan fingerprint density at radius 1 is 1.18 bits per heavy atom. The van der Waals surface area contributed by atoms with Gasteiger partial charge in [-0.3, -0.25) is 0 Å². The zero-order valence-electron chi connectivity index (χ0n) is 15.8. The topological polar surface area (TPSA) is 128 Å². The number of aromatic nitrogens is 6. The minimum absolute atomic E-state index is 0.193. The van der Waals surface area contributed by atoms with Gasteiger partial charge in [0.15, 0.2) is 11.5 Å². The molecular weight excluding hydrogens is 356 g/mol. The van der Waals surface area contributed by atoms with Crippen LogP contribution in [0.1, 0.15) is 44.6 Å². The van der Waals surface area contributed by atoms with Crippen LogP contribution in [-0.4, -0.2) is 36.1 Å². The lowest BCUT2D eigenvalue weighted by Gasteiger charge is -2.34. The largest absolute Gasteiger partial charge is 0.368 e. The first-order chi connectivity index (χ1) is 13.4. The second-order valence-electron chi connectivity index (χ2n) is 7.89. The van der Waals surface area contributed by atoms with Gasteiger partial charge in [0.2, 0.25) is 5.95 Å². The number of nitrogens with zero attached hydrogens (tertiary/aromatic N) is 7. The summed E-state index contributed by atoms with van der Waals surface area (Å²) in [6, 6.07) is 2.49. The Morgan fingerprint density at radius 2 is 1.93 bits per heavy atom. The number of hydrogen-bond donors (Lipinski definition) is 1. The van der Waals surface area contributed by atoms with Crippen molar-refractivity contribution in [2.45, 2.75) is 50.7 Å². The Morgan fingerprint density at radius 3 is 2.57 bits per heavy atom. The Balaban J connectivity index is 1.82. The van der Waals surface area contributed by atoms with E-state index in [4.69, 9.17) is 25.4 Å². The van der Waals surface area contributed by atoms with E-state index in [1.807, 2.05) is 13.8 Å². The van der Waals surface area contributed by atoms with Gasteiger partial charge >= 0.3 is 0 Å². The summed E-state index contributed by atoms with van der Waals surface area (Å²) in [5.41, 5.74) is 7.23. The normalized spacial score (nSPS) is 19.6. The maximum absolute atomic E-state index is 9.94. The van der Waals surface area contributed by atoms with Crippen LogP contribution in [0.15, 0.2) is 12.4 Å². The van der Waals surface area contributed by atoms with E-state index >= 15 is 0 Å². The number of nitrogens with two attached hydrogens (primary N) is 1. The van der Waals surface area contributed by atoms with E-state index in [-0.39, 0.29) is 5.95 Å². The van der Waals surface area contributed by atoms with Crippen LogP contribution in [0.4, 0.5) is 5.95 Å². The van der Waals surface area contributed by atoms with E-state index in [9.17, 15) is 5.26 Å². The van der Waals surface area contributed by atoms with Crippen LogP contribution >= 0.6 is 0 Å². The molecule has 2 N–H and O–H groups in total. The molecule has 3 aromatic rings. The molecule has 1 aliphatic heterocycles. The van der Waals surface area contributed by atoms with Crippen LogP contribution in [0.25, 0.3) is 22.6 Å². The first-order valence-electron chi connectivity index (χ1n) is 9.36. The molecule has 5 rings (SSSR count). The van der Waals surface area contributed by atoms with Crippen molar-refractivity contribution in [2.75, 3.05) is 12.3 Å². The summed E-state index contributed by atoms with van der Waals surface area (Å²) < 4.78 is 7.99. The third kappa shape index (κ3) is 2.31. The van der Waals surface area contributed by atoms with Crippen LogP contribution in [0.2, 0.25) is 0 Å². The van der Waals surface area contributed by atoms with Gasteiger partial charge in [0.25, 0.3) is 0 Å².